The number of hydrogen-bond acceptors (Lipinski definition) is 0. The number of thiophene rings is 1. The van der Waals surface area contributed by atoms with E-state index in [0.29, 0.717) is 10.5 Å². The van der Waals surface area contributed by atoms with Crippen molar-refractivity contribution in [2.75, 3.05) is 0 Å². The second kappa shape index (κ2) is 5.36. The highest BCUT2D eigenvalue weighted by Crippen LogP contribution is 2.23. The van der Waals surface area contributed by atoms with Gasteiger partial charge < -0.3 is 0 Å². The molecule has 0 nitrogen and oxygen atoms in total. The Balaban J connectivity index is 2.15. The number of hydrogen-bond donors (Lipinski definition) is 0. The van der Waals surface area contributed by atoms with Gasteiger partial charge in [0.1, 0.15) is 16.5 Å². The molecule has 1 aromatic rings. The maximum absolute atomic E-state index is 2.41. The van der Waals surface area contributed by atoms with Crippen LogP contribution in [0.2, 0.25) is 0 Å². The van der Waals surface area contributed by atoms with E-state index in [-0.39, 0.29) is 0 Å². The minimum absolute atomic E-state index is 0.497. The molecule has 0 aliphatic carbocycles. The van der Waals surface area contributed by atoms with Gasteiger partial charge in [-0.25, -0.2) is 0 Å². The molecule has 0 aliphatic rings. The van der Waals surface area contributed by atoms with E-state index in [1.807, 2.05) is 0 Å². The van der Waals surface area contributed by atoms with Crippen molar-refractivity contribution in [1.82, 2.24) is 0 Å². The van der Waals surface area contributed by atoms with Gasteiger partial charge in [0.25, 0.3) is 0 Å². The standard InChI is InChI=1S/C11H19S/c1-3-4-5-6-8-12-9-7-11(2)10-12/h7,9-10H,3-6,8H2,1-2H3/q+1. The van der Waals surface area contributed by atoms with Crippen molar-refractivity contribution in [3.05, 3.63) is 22.4 Å². The molecule has 1 rings (SSSR count). The summed E-state index contributed by atoms with van der Waals surface area (Å²) in [6, 6.07) is 2.25. The molecule has 0 aliphatic heterocycles. The van der Waals surface area contributed by atoms with Crippen LogP contribution in [-0.4, -0.2) is 0 Å². The highest BCUT2D eigenvalue weighted by Gasteiger charge is 2.03. The molecule has 12 heavy (non-hydrogen) atoms. The molecular formula is C11H19S+. The number of rotatable bonds is 5. The fourth-order valence-electron chi connectivity index (χ4n) is 1.33. The minimum Gasteiger partial charge on any atom is -0.0654 e. The first-order chi connectivity index (χ1) is 5.83. The lowest BCUT2D eigenvalue weighted by molar-refractivity contribution is 0.690. The summed E-state index contributed by atoms with van der Waals surface area (Å²) < 4.78 is 0. The smallest absolute Gasteiger partial charge is 0.0654 e. The van der Waals surface area contributed by atoms with E-state index in [0.717, 1.165) is 0 Å². The minimum atomic E-state index is 0.497. The Morgan fingerprint density at radius 1 is 1.25 bits per heavy atom. The molecule has 1 aromatic heterocycles. The zero-order chi connectivity index (χ0) is 8.81. The summed E-state index contributed by atoms with van der Waals surface area (Å²) >= 11 is 0. The lowest BCUT2D eigenvalue weighted by Gasteiger charge is -1.91. The normalized spacial score (nSPS) is 12.0. The van der Waals surface area contributed by atoms with E-state index in [1.54, 1.807) is 0 Å². The Morgan fingerprint density at radius 2 is 2.08 bits per heavy atom. The van der Waals surface area contributed by atoms with E-state index in [4.69, 9.17) is 0 Å². The second-order valence-corrected chi connectivity index (χ2v) is 5.25. The van der Waals surface area contributed by atoms with E-state index in [1.165, 1.54) is 37.0 Å². The molecule has 1 unspecified atom stereocenters. The van der Waals surface area contributed by atoms with E-state index >= 15 is 0 Å². The van der Waals surface area contributed by atoms with Crippen LogP contribution in [-0.2, 0) is 5.75 Å². The zero-order valence-electron chi connectivity index (χ0n) is 8.18. The highest BCUT2D eigenvalue weighted by molar-refractivity contribution is 7.27. The van der Waals surface area contributed by atoms with Crippen molar-refractivity contribution < 1.29 is 0 Å². The van der Waals surface area contributed by atoms with Gasteiger partial charge >= 0.3 is 0 Å². The molecule has 0 bridgehead atoms. The van der Waals surface area contributed by atoms with Gasteiger partial charge in [-0.1, -0.05) is 19.8 Å². The van der Waals surface area contributed by atoms with Crippen molar-refractivity contribution in [1.29, 1.82) is 0 Å². The Hall–Kier alpha value is -0.300. The van der Waals surface area contributed by atoms with Crippen molar-refractivity contribution in [3.8, 4) is 0 Å². The lowest BCUT2D eigenvalue weighted by atomic mass is 10.2. The summed E-state index contributed by atoms with van der Waals surface area (Å²) in [5.74, 6) is 1.38. The predicted molar refractivity (Wildman–Crippen MR) is 57.8 cm³/mol. The third-order valence-electron chi connectivity index (χ3n) is 2.08. The molecule has 1 atom stereocenters. The van der Waals surface area contributed by atoms with Gasteiger partial charge in [0.2, 0.25) is 0 Å². The maximum Gasteiger partial charge on any atom is 0.140 e. The lowest BCUT2D eigenvalue weighted by Crippen LogP contribution is -1.75. The molecule has 0 N–H and O–H groups in total. The number of aryl methyl sites for hydroxylation is 2. The topological polar surface area (TPSA) is 0 Å². The Morgan fingerprint density at radius 3 is 2.67 bits per heavy atom. The summed E-state index contributed by atoms with van der Waals surface area (Å²) in [6.45, 7) is 4.46. The van der Waals surface area contributed by atoms with Gasteiger partial charge in [-0.15, -0.1) is 0 Å². The van der Waals surface area contributed by atoms with Crippen LogP contribution in [0.25, 0.3) is 0 Å². The summed E-state index contributed by atoms with van der Waals surface area (Å²) in [5.41, 5.74) is 1.45. The van der Waals surface area contributed by atoms with Gasteiger partial charge in [0.05, 0.1) is 0 Å². The molecule has 0 amide bonds. The zero-order valence-corrected chi connectivity index (χ0v) is 8.99. The average molecular weight is 183 g/mol. The summed E-state index contributed by atoms with van der Waals surface area (Å²) in [4.78, 5) is 0. The number of unbranched alkanes of at least 4 members (excludes halogenated alkanes) is 3. The molecular weight excluding hydrogens is 164 g/mol. The van der Waals surface area contributed by atoms with Crippen LogP contribution in [0, 0.1) is 6.92 Å². The Labute approximate surface area is 78.6 Å². The molecule has 68 valence electrons. The first-order valence-corrected chi connectivity index (χ1v) is 6.40. The molecule has 0 saturated carbocycles. The van der Waals surface area contributed by atoms with Crippen LogP contribution >= 0.6 is 10.5 Å². The third kappa shape index (κ3) is 3.40. The Bertz CT molecular complexity index is 213. The Kier molecular flexibility index (Phi) is 4.37. The van der Waals surface area contributed by atoms with E-state index in [9.17, 15) is 0 Å². The van der Waals surface area contributed by atoms with E-state index < -0.39 is 0 Å². The molecule has 1 heteroatoms. The molecule has 0 fully saturated rings. The van der Waals surface area contributed by atoms with Gasteiger partial charge in [0.15, 0.2) is 0 Å². The van der Waals surface area contributed by atoms with Crippen LogP contribution in [0.15, 0.2) is 16.8 Å². The summed E-state index contributed by atoms with van der Waals surface area (Å²) in [5, 5.41) is 4.77. The predicted octanol–water partition coefficient (Wildman–Crippen LogP) is 4.32. The first-order valence-electron chi connectivity index (χ1n) is 4.88. The van der Waals surface area contributed by atoms with Crippen molar-refractivity contribution >= 4 is 10.5 Å². The molecule has 0 radical (unpaired) electrons. The van der Waals surface area contributed by atoms with Crippen LogP contribution in [0.1, 0.15) is 38.2 Å². The van der Waals surface area contributed by atoms with Crippen molar-refractivity contribution in [2.45, 2.75) is 45.3 Å². The average Bonchev–Trinajstić information content (AvgIpc) is 2.45. The fraction of sp³-hybridized carbons (Fsp3) is 0.636. The van der Waals surface area contributed by atoms with E-state index in [2.05, 4.69) is 30.7 Å². The van der Waals surface area contributed by atoms with Gasteiger partial charge in [0, 0.05) is 5.56 Å². The van der Waals surface area contributed by atoms with Crippen LogP contribution in [0.3, 0.4) is 0 Å². The van der Waals surface area contributed by atoms with Crippen LogP contribution in [0.5, 0.6) is 0 Å². The molecule has 0 spiro atoms. The quantitative estimate of drug-likeness (QED) is 0.471. The first kappa shape index (κ1) is 9.79. The monoisotopic (exact) mass is 183 g/mol. The van der Waals surface area contributed by atoms with Crippen LogP contribution < -0.4 is 0 Å². The second-order valence-electron chi connectivity index (χ2n) is 3.40. The van der Waals surface area contributed by atoms with Gasteiger partial charge in [-0.05, 0) is 36.3 Å². The molecule has 1 heterocycles. The summed E-state index contributed by atoms with van der Waals surface area (Å²) in [6.07, 6.45) is 5.58. The fourth-order valence-corrected chi connectivity index (χ4v) is 3.15. The SMILES string of the molecule is CCCCCC[s+]1ccc(C)c1. The highest BCUT2D eigenvalue weighted by atomic mass is 32.2. The third-order valence-corrected chi connectivity index (χ3v) is 4.00. The van der Waals surface area contributed by atoms with Gasteiger partial charge in [-0.2, -0.15) is 0 Å². The molecule has 0 aromatic carbocycles. The molecule has 0 saturated heterocycles. The van der Waals surface area contributed by atoms with Crippen molar-refractivity contribution in [3.63, 3.8) is 0 Å². The van der Waals surface area contributed by atoms with Crippen molar-refractivity contribution in [2.24, 2.45) is 0 Å². The van der Waals surface area contributed by atoms with Gasteiger partial charge in [-0.3, -0.25) is 0 Å². The largest absolute Gasteiger partial charge is 0.140 e. The maximum atomic E-state index is 2.41. The summed E-state index contributed by atoms with van der Waals surface area (Å²) in [7, 11) is 0.497. The van der Waals surface area contributed by atoms with Crippen LogP contribution in [0.4, 0.5) is 0 Å².